The number of benzene rings is 1. The molecule has 0 heterocycles. The summed E-state index contributed by atoms with van der Waals surface area (Å²) >= 11 is 0. The van der Waals surface area contributed by atoms with Gasteiger partial charge in [0.15, 0.2) is 0 Å². The zero-order valence-electron chi connectivity index (χ0n) is 18.0. The quantitative estimate of drug-likeness (QED) is 0.485. The van der Waals surface area contributed by atoms with Crippen LogP contribution in [0, 0.1) is 25.7 Å². The van der Waals surface area contributed by atoms with Crippen molar-refractivity contribution in [1.29, 1.82) is 0 Å². The molecule has 0 aromatic heterocycles. The summed E-state index contributed by atoms with van der Waals surface area (Å²) in [6, 6.07) is 6.76. The average Bonchev–Trinajstić information content (AvgIpc) is 3.42. The normalized spacial score (nSPS) is 18.5. The largest absolute Gasteiger partial charge is 0.0802 e. The van der Waals surface area contributed by atoms with Crippen LogP contribution >= 0.6 is 0 Å². The summed E-state index contributed by atoms with van der Waals surface area (Å²) in [5, 5.41) is 0. The van der Waals surface area contributed by atoms with Gasteiger partial charge in [0, 0.05) is 0 Å². The van der Waals surface area contributed by atoms with Gasteiger partial charge in [-0.3, -0.25) is 0 Å². The molecule has 0 spiro atoms. The topological polar surface area (TPSA) is 0 Å². The van der Waals surface area contributed by atoms with Gasteiger partial charge in [-0.2, -0.15) is 0 Å². The number of hydrogen-bond donors (Lipinski definition) is 0. The van der Waals surface area contributed by atoms with Gasteiger partial charge in [-0.15, -0.1) is 0 Å². The first-order chi connectivity index (χ1) is 11.7. The lowest BCUT2D eigenvalue weighted by Gasteiger charge is -2.09. The summed E-state index contributed by atoms with van der Waals surface area (Å²) < 4.78 is 0. The van der Waals surface area contributed by atoms with Crippen molar-refractivity contribution < 1.29 is 0 Å². The van der Waals surface area contributed by atoms with E-state index in [-0.39, 0.29) is 0 Å². The fourth-order valence-electron chi connectivity index (χ4n) is 2.28. The van der Waals surface area contributed by atoms with Gasteiger partial charge in [0.1, 0.15) is 0 Å². The van der Waals surface area contributed by atoms with Crippen LogP contribution in [0.1, 0.15) is 84.9 Å². The standard InChI is InChI=1S/C15H16.C3H8.3C2H6/c1-10-3-4-12(7-11(10)2)13-5-6-14-9-15(14)8-13;1-3-2;3*1-2/h3-8,14-15H,9H2,1-2H3;3H2,1-2H3;3*1-2H3. The maximum atomic E-state index is 2.44. The minimum Gasteiger partial charge on any atom is -0.0802 e. The Labute approximate surface area is 153 Å². The second kappa shape index (κ2) is 15.2. The minimum atomic E-state index is 0.839. The Hall–Kier alpha value is -1.30. The predicted octanol–water partition coefficient (Wildman–Crippen LogP) is 8.39. The lowest BCUT2D eigenvalue weighted by molar-refractivity contribution is 0.984. The SMILES string of the molecule is CC.CC.CC.CCC.Cc1ccc(C2=CC3CC3C=C2)cc1C. The van der Waals surface area contributed by atoms with Gasteiger partial charge in [0.05, 0.1) is 0 Å². The first-order valence-corrected chi connectivity index (χ1v) is 10.1. The van der Waals surface area contributed by atoms with E-state index in [9.17, 15) is 0 Å². The van der Waals surface area contributed by atoms with Crippen molar-refractivity contribution in [3.05, 3.63) is 53.1 Å². The predicted molar refractivity (Wildman–Crippen MR) is 115 cm³/mol. The molecule has 0 amide bonds. The van der Waals surface area contributed by atoms with E-state index < -0.39 is 0 Å². The van der Waals surface area contributed by atoms with E-state index in [1.54, 1.807) is 0 Å². The summed E-state index contributed by atoms with van der Waals surface area (Å²) in [5.74, 6) is 1.70. The second-order valence-electron chi connectivity index (χ2n) is 5.55. The zero-order valence-corrected chi connectivity index (χ0v) is 18.0. The van der Waals surface area contributed by atoms with Crippen LogP contribution in [-0.2, 0) is 0 Å². The number of fused-ring (bicyclic) bond motifs is 1. The number of rotatable bonds is 1. The molecule has 2 aliphatic rings. The van der Waals surface area contributed by atoms with E-state index in [0.29, 0.717) is 0 Å². The third kappa shape index (κ3) is 8.52. The molecule has 0 radical (unpaired) electrons. The highest BCUT2D eigenvalue weighted by molar-refractivity contribution is 5.76. The fraction of sp³-hybridized carbons (Fsp3) is 0.583. The molecule has 0 saturated heterocycles. The van der Waals surface area contributed by atoms with Gasteiger partial charge >= 0.3 is 0 Å². The van der Waals surface area contributed by atoms with Crippen molar-refractivity contribution in [2.24, 2.45) is 11.8 Å². The summed E-state index contributed by atoms with van der Waals surface area (Å²) in [5.41, 5.74) is 5.56. The molecule has 1 fully saturated rings. The Kier molecular flexibility index (Phi) is 15.8. The Morgan fingerprint density at radius 3 is 1.83 bits per heavy atom. The summed E-state index contributed by atoms with van der Waals surface area (Å²) in [6.45, 7) is 20.6. The van der Waals surface area contributed by atoms with Gasteiger partial charge in [-0.05, 0) is 54.4 Å². The first kappa shape index (κ1) is 24.9. The van der Waals surface area contributed by atoms with Crippen molar-refractivity contribution in [3.63, 3.8) is 0 Å². The van der Waals surface area contributed by atoms with E-state index in [1.807, 2.05) is 41.5 Å². The van der Waals surface area contributed by atoms with Crippen molar-refractivity contribution in [3.8, 4) is 0 Å². The van der Waals surface area contributed by atoms with Gasteiger partial charge in [-0.1, -0.05) is 98.2 Å². The van der Waals surface area contributed by atoms with E-state index in [1.165, 1.54) is 35.1 Å². The molecule has 1 saturated carbocycles. The molecule has 2 aliphatic carbocycles. The van der Waals surface area contributed by atoms with Crippen molar-refractivity contribution in [2.45, 2.75) is 82.1 Å². The third-order valence-corrected chi connectivity index (χ3v) is 3.65. The minimum absolute atomic E-state index is 0.839. The van der Waals surface area contributed by atoms with Gasteiger partial charge < -0.3 is 0 Å². The van der Waals surface area contributed by atoms with Crippen LogP contribution < -0.4 is 0 Å². The van der Waals surface area contributed by atoms with E-state index >= 15 is 0 Å². The highest BCUT2D eigenvalue weighted by atomic mass is 14.4. The molecule has 24 heavy (non-hydrogen) atoms. The van der Waals surface area contributed by atoms with E-state index in [0.717, 1.165) is 11.8 Å². The number of aryl methyl sites for hydroxylation is 2. The molecule has 3 rings (SSSR count). The maximum Gasteiger partial charge on any atom is -0.0155 e. The fourth-order valence-corrected chi connectivity index (χ4v) is 2.28. The summed E-state index contributed by atoms with van der Waals surface area (Å²) in [4.78, 5) is 0. The number of allylic oxidation sites excluding steroid dienone is 4. The molecule has 2 atom stereocenters. The van der Waals surface area contributed by atoms with Crippen LogP contribution in [-0.4, -0.2) is 0 Å². The second-order valence-corrected chi connectivity index (χ2v) is 5.55. The van der Waals surface area contributed by atoms with Crippen molar-refractivity contribution >= 4 is 5.57 Å². The highest BCUT2D eigenvalue weighted by Crippen LogP contribution is 2.45. The van der Waals surface area contributed by atoms with E-state index in [4.69, 9.17) is 0 Å². The van der Waals surface area contributed by atoms with Gasteiger partial charge in [-0.25, -0.2) is 0 Å². The van der Waals surface area contributed by atoms with Crippen LogP contribution in [0.15, 0.2) is 36.4 Å². The summed E-state index contributed by atoms with van der Waals surface area (Å²) in [7, 11) is 0. The smallest absolute Gasteiger partial charge is 0.0155 e. The first-order valence-electron chi connectivity index (χ1n) is 10.1. The van der Waals surface area contributed by atoms with Crippen molar-refractivity contribution in [2.75, 3.05) is 0 Å². The summed E-state index contributed by atoms with van der Waals surface area (Å²) in [6.07, 6.45) is 9.72. The molecule has 138 valence electrons. The molecule has 0 heteroatoms. The van der Waals surface area contributed by atoms with Crippen LogP contribution in [0.25, 0.3) is 5.57 Å². The Balaban J connectivity index is 0. The molecule has 0 N–H and O–H groups in total. The zero-order chi connectivity index (χ0) is 19.1. The molecular formula is C24H42. The Morgan fingerprint density at radius 2 is 1.38 bits per heavy atom. The highest BCUT2D eigenvalue weighted by Gasteiger charge is 2.34. The lowest BCUT2D eigenvalue weighted by atomic mass is 9.97. The van der Waals surface area contributed by atoms with E-state index in [2.05, 4.69) is 64.1 Å². The molecule has 1 aromatic carbocycles. The van der Waals surface area contributed by atoms with Crippen LogP contribution in [0.5, 0.6) is 0 Å². The monoisotopic (exact) mass is 330 g/mol. The lowest BCUT2D eigenvalue weighted by Crippen LogP contribution is -1.90. The van der Waals surface area contributed by atoms with Crippen LogP contribution in [0.3, 0.4) is 0 Å². The molecule has 0 nitrogen and oxygen atoms in total. The van der Waals surface area contributed by atoms with Crippen molar-refractivity contribution in [1.82, 2.24) is 0 Å². The van der Waals surface area contributed by atoms with Gasteiger partial charge in [0.2, 0.25) is 0 Å². The Bertz CT molecular complexity index is 477. The molecule has 0 bridgehead atoms. The molecule has 0 aliphatic heterocycles. The van der Waals surface area contributed by atoms with Crippen LogP contribution in [0.2, 0.25) is 0 Å². The molecule has 2 unspecified atom stereocenters. The van der Waals surface area contributed by atoms with Crippen LogP contribution in [0.4, 0.5) is 0 Å². The molecular weight excluding hydrogens is 288 g/mol. The van der Waals surface area contributed by atoms with Gasteiger partial charge in [0.25, 0.3) is 0 Å². The maximum absolute atomic E-state index is 2.44. The number of hydrogen-bond acceptors (Lipinski definition) is 0. The Morgan fingerprint density at radius 1 is 0.833 bits per heavy atom. The molecule has 1 aromatic rings. The third-order valence-electron chi connectivity index (χ3n) is 3.65. The average molecular weight is 331 g/mol.